The van der Waals surface area contributed by atoms with Gasteiger partial charge in [0.2, 0.25) is 27.7 Å². The summed E-state index contributed by atoms with van der Waals surface area (Å²) in [5, 5.41) is 2.90. The predicted molar refractivity (Wildman–Crippen MR) is 166 cm³/mol. The van der Waals surface area contributed by atoms with Gasteiger partial charge in [0.25, 0.3) is 5.91 Å². The minimum atomic E-state index is -3.90. The third-order valence-electron chi connectivity index (χ3n) is 9.64. The number of hydrogen-bond donors (Lipinski definition) is 2. The van der Waals surface area contributed by atoms with Crippen molar-refractivity contribution >= 4 is 38.8 Å². The summed E-state index contributed by atoms with van der Waals surface area (Å²) in [6.45, 7) is 3.57. The number of rotatable bonds is 6. The number of carbonyl (C=O) groups excluding carboxylic acids is 3. The number of aryl methyl sites for hydroxylation is 1. The first-order chi connectivity index (χ1) is 21.4. The fraction of sp³-hybridized carbons (Fsp3) is 0.594. The van der Waals surface area contributed by atoms with Crippen LogP contribution in [0.25, 0.3) is 11.0 Å². The van der Waals surface area contributed by atoms with Crippen LogP contribution in [0.3, 0.4) is 0 Å². The van der Waals surface area contributed by atoms with Gasteiger partial charge in [-0.25, -0.2) is 18.4 Å². The lowest BCUT2D eigenvalue weighted by molar-refractivity contribution is -0.139. The number of hydrogen-bond acceptors (Lipinski definition) is 9. The molecule has 4 atom stereocenters. The van der Waals surface area contributed by atoms with Crippen LogP contribution >= 0.6 is 0 Å². The Morgan fingerprint density at radius 1 is 1.11 bits per heavy atom. The van der Waals surface area contributed by atoms with Crippen LogP contribution in [0.15, 0.2) is 30.4 Å². The zero-order chi connectivity index (χ0) is 32.0. The highest BCUT2D eigenvalue weighted by molar-refractivity contribution is 7.91. The average molecular weight is 640 g/mol. The van der Waals surface area contributed by atoms with Crippen molar-refractivity contribution in [1.29, 1.82) is 0 Å². The molecular weight excluding hydrogens is 598 g/mol. The Labute approximate surface area is 263 Å². The number of fused-ring (bicyclic) bond motifs is 3. The van der Waals surface area contributed by atoms with Gasteiger partial charge in [0.05, 0.1) is 29.4 Å². The molecule has 0 spiro atoms. The van der Waals surface area contributed by atoms with E-state index in [4.69, 9.17) is 9.47 Å². The van der Waals surface area contributed by atoms with Gasteiger partial charge < -0.3 is 19.7 Å². The van der Waals surface area contributed by atoms with Crippen LogP contribution in [0.5, 0.6) is 11.6 Å². The maximum absolute atomic E-state index is 14.0. The van der Waals surface area contributed by atoms with E-state index >= 15 is 0 Å². The van der Waals surface area contributed by atoms with E-state index in [1.165, 1.54) is 4.90 Å². The van der Waals surface area contributed by atoms with Gasteiger partial charge in [-0.15, -0.1) is 0 Å². The van der Waals surface area contributed by atoms with Gasteiger partial charge in [0.15, 0.2) is 0 Å². The summed E-state index contributed by atoms with van der Waals surface area (Å²) in [6.07, 6.45) is 9.40. The van der Waals surface area contributed by atoms with E-state index in [9.17, 15) is 22.8 Å². The van der Waals surface area contributed by atoms with Crippen LogP contribution in [-0.4, -0.2) is 77.1 Å². The van der Waals surface area contributed by atoms with Crippen molar-refractivity contribution < 1.29 is 32.3 Å². The molecule has 242 valence electrons. The number of allylic oxidation sites excluding steroid dienone is 1. The summed E-state index contributed by atoms with van der Waals surface area (Å²) in [5.41, 5.74) is 0.442. The van der Waals surface area contributed by atoms with E-state index in [-0.39, 0.29) is 31.2 Å². The monoisotopic (exact) mass is 639 g/mol. The summed E-state index contributed by atoms with van der Waals surface area (Å²) in [5.74, 6) is -0.806. The second kappa shape index (κ2) is 11.9. The maximum atomic E-state index is 14.0. The minimum Gasteiger partial charge on any atom is -0.497 e. The van der Waals surface area contributed by atoms with Gasteiger partial charge in [0, 0.05) is 24.8 Å². The lowest BCUT2D eigenvalue weighted by Crippen LogP contribution is -2.57. The lowest BCUT2D eigenvalue weighted by Gasteiger charge is -2.27. The van der Waals surface area contributed by atoms with E-state index < -0.39 is 44.3 Å². The third kappa shape index (κ3) is 6.23. The van der Waals surface area contributed by atoms with E-state index in [0.717, 1.165) is 25.7 Å². The maximum Gasteiger partial charge on any atom is 0.259 e. The molecule has 3 amide bonds. The highest BCUT2D eigenvalue weighted by Crippen LogP contribution is 2.47. The third-order valence-corrected chi connectivity index (χ3v) is 11.8. The number of aromatic nitrogens is 2. The molecule has 2 N–H and O–H groups in total. The molecule has 0 bridgehead atoms. The van der Waals surface area contributed by atoms with Crippen LogP contribution < -0.4 is 19.5 Å². The van der Waals surface area contributed by atoms with Crippen molar-refractivity contribution in [3.05, 3.63) is 36.0 Å². The van der Waals surface area contributed by atoms with Gasteiger partial charge >= 0.3 is 0 Å². The quantitative estimate of drug-likeness (QED) is 0.454. The molecule has 13 heteroatoms. The Bertz CT molecular complexity index is 1660. The Kier molecular flexibility index (Phi) is 8.25. The molecule has 12 nitrogen and oxygen atoms in total. The van der Waals surface area contributed by atoms with E-state index in [1.54, 1.807) is 33.1 Å². The topological polar surface area (TPSA) is 157 Å². The van der Waals surface area contributed by atoms with Gasteiger partial charge in [-0.1, -0.05) is 25.0 Å². The van der Waals surface area contributed by atoms with Crippen LogP contribution in [0.1, 0.15) is 76.8 Å². The van der Waals surface area contributed by atoms with Crippen molar-refractivity contribution in [3.63, 3.8) is 0 Å². The fourth-order valence-corrected chi connectivity index (χ4v) is 7.58. The normalized spacial score (nSPS) is 28.2. The second-order valence-corrected chi connectivity index (χ2v) is 15.2. The molecule has 2 saturated carbocycles. The fourth-order valence-electron chi connectivity index (χ4n) is 6.27. The van der Waals surface area contributed by atoms with Crippen molar-refractivity contribution in [3.8, 4) is 11.6 Å². The van der Waals surface area contributed by atoms with E-state index in [1.807, 2.05) is 18.2 Å². The first kappa shape index (κ1) is 31.3. The van der Waals surface area contributed by atoms with E-state index in [2.05, 4.69) is 20.0 Å². The molecule has 45 heavy (non-hydrogen) atoms. The molecule has 1 aromatic heterocycles. The van der Waals surface area contributed by atoms with Crippen LogP contribution in [-0.2, 0) is 24.4 Å². The van der Waals surface area contributed by atoms with Crippen molar-refractivity contribution in [2.75, 3.05) is 13.7 Å². The Hall–Kier alpha value is -3.74. The minimum absolute atomic E-state index is 0.157. The predicted octanol–water partition coefficient (Wildman–Crippen LogP) is 3.08. The largest absolute Gasteiger partial charge is 0.497 e. The molecule has 1 saturated heterocycles. The van der Waals surface area contributed by atoms with Gasteiger partial charge in [-0.3, -0.25) is 19.1 Å². The SMILES string of the molecule is COc1ccc2nc(C)c(OC3CC4C(=O)NC5(C(=O)NS(=O)(=O)C6(C)CC6)CC5C=CCCCCCCC(=O)N4C3)nc2c1. The smallest absolute Gasteiger partial charge is 0.259 e. The number of amides is 3. The number of nitrogens with zero attached hydrogens (tertiary/aromatic N) is 3. The highest BCUT2D eigenvalue weighted by Gasteiger charge is 2.63. The van der Waals surface area contributed by atoms with Crippen LogP contribution in [0, 0.1) is 12.8 Å². The second-order valence-electron chi connectivity index (χ2n) is 13.0. The molecule has 2 aliphatic heterocycles. The summed E-state index contributed by atoms with van der Waals surface area (Å²) in [6, 6.07) is 4.49. The first-order valence-electron chi connectivity index (χ1n) is 15.8. The number of sulfonamides is 1. The zero-order valence-corrected chi connectivity index (χ0v) is 26.8. The Balaban J connectivity index is 1.25. The summed E-state index contributed by atoms with van der Waals surface area (Å²) >= 11 is 0. The summed E-state index contributed by atoms with van der Waals surface area (Å²) in [7, 11) is -2.33. The van der Waals surface area contributed by atoms with Crippen LogP contribution in [0.4, 0.5) is 0 Å². The average Bonchev–Trinajstić information content (AvgIpc) is 3.88. The highest BCUT2D eigenvalue weighted by atomic mass is 32.2. The molecular formula is C32H41N5O7S. The van der Waals surface area contributed by atoms with Gasteiger partial charge in [0.1, 0.15) is 29.1 Å². The molecule has 2 aromatic rings. The zero-order valence-electron chi connectivity index (χ0n) is 26.0. The molecule has 3 fully saturated rings. The number of carbonyl (C=O) groups is 3. The molecule has 3 heterocycles. The number of nitrogens with one attached hydrogen (secondary N) is 2. The lowest BCUT2D eigenvalue weighted by atomic mass is 10.1. The van der Waals surface area contributed by atoms with Crippen molar-refractivity contribution in [2.24, 2.45) is 5.92 Å². The van der Waals surface area contributed by atoms with Gasteiger partial charge in [-0.2, -0.15) is 0 Å². The number of methoxy groups -OCH3 is 1. The molecule has 4 aliphatic rings. The first-order valence-corrected chi connectivity index (χ1v) is 17.3. The molecule has 1 aromatic carbocycles. The van der Waals surface area contributed by atoms with Gasteiger partial charge in [-0.05, 0) is 64.5 Å². The number of benzene rings is 1. The Morgan fingerprint density at radius 3 is 2.64 bits per heavy atom. The van der Waals surface area contributed by atoms with Crippen LogP contribution in [0.2, 0.25) is 0 Å². The Morgan fingerprint density at radius 2 is 1.89 bits per heavy atom. The summed E-state index contributed by atoms with van der Waals surface area (Å²) in [4.78, 5) is 51.8. The summed E-state index contributed by atoms with van der Waals surface area (Å²) < 4.78 is 38.8. The molecule has 4 unspecified atom stereocenters. The van der Waals surface area contributed by atoms with Crippen molar-refractivity contribution in [2.45, 2.75) is 100 Å². The standard InChI is InChI=1S/C32H41N5O7S/c1-20-29(34-25-16-22(43-3)12-13-24(25)33-20)44-23-17-26-28(39)35-32(30(40)36-45(41,42)31(2)14-15-31)18-21(32)10-8-6-4-5-7-9-11-27(38)37(26)19-23/h8,10,12-13,16,21,23,26H,4-7,9,11,14-15,17-19H2,1-3H3,(H,35,39)(H,36,40). The molecule has 2 aliphatic carbocycles. The van der Waals surface area contributed by atoms with E-state index in [0.29, 0.717) is 54.0 Å². The van der Waals surface area contributed by atoms with Crippen molar-refractivity contribution in [1.82, 2.24) is 24.9 Å². The molecule has 0 radical (unpaired) electrons. The number of ether oxygens (including phenoxy) is 2. The molecule has 6 rings (SSSR count).